The molecule has 1 aliphatic carbocycles. The lowest BCUT2D eigenvalue weighted by Gasteiger charge is -2.06. The van der Waals surface area contributed by atoms with E-state index in [1.165, 1.54) is 30.5 Å². The molecule has 1 aliphatic rings. The lowest BCUT2D eigenvalue weighted by atomic mass is 10.1. The van der Waals surface area contributed by atoms with Crippen LogP contribution in [-0.4, -0.2) is 16.5 Å². The molecule has 0 radical (unpaired) electrons. The van der Waals surface area contributed by atoms with Gasteiger partial charge in [0.2, 0.25) is 0 Å². The van der Waals surface area contributed by atoms with E-state index < -0.39 is 0 Å². The molecule has 0 aromatic carbocycles. The molecule has 2 rings (SSSR count). The van der Waals surface area contributed by atoms with Crippen molar-refractivity contribution in [2.24, 2.45) is 5.73 Å². The summed E-state index contributed by atoms with van der Waals surface area (Å²) in [6.07, 6.45) is 10.1. The highest BCUT2D eigenvalue weighted by molar-refractivity contribution is 5.19. The smallest absolute Gasteiger partial charge is 0.128 e. The lowest BCUT2D eigenvalue weighted by molar-refractivity contribution is 0.706. The fourth-order valence-electron chi connectivity index (χ4n) is 2.07. The molecule has 1 aromatic heterocycles. The first kappa shape index (κ1) is 10.6. The third-order valence-corrected chi connectivity index (χ3v) is 2.97. The van der Waals surface area contributed by atoms with E-state index >= 15 is 0 Å². The summed E-state index contributed by atoms with van der Waals surface area (Å²) in [5, 5.41) is 0. The molecule has 0 bridgehead atoms. The van der Waals surface area contributed by atoms with E-state index in [1.54, 1.807) is 0 Å². The van der Waals surface area contributed by atoms with E-state index in [2.05, 4.69) is 9.97 Å². The zero-order valence-electron chi connectivity index (χ0n) is 9.21. The van der Waals surface area contributed by atoms with Crippen LogP contribution in [0.1, 0.15) is 42.8 Å². The molecule has 0 saturated carbocycles. The van der Waals surface area contributed by atoms with E-state index in [-0.39, 0.29) is 0 Å². The number of nitrogens with two attached hydrogens (primary N) is 1. The Morgan fingerprint density at radius 1 is 1.20 bits per heavy atom. The van der Waals surface area contributed by atoms with Gasteiger partial charge >= 0.3 is 0 Å². The number of nitrogens with zero attached hydrogens (tertiary/aromatic N) is 2. The molecule has 1 heterocycles. The fraction of sp³-hybridized carbons (Fsp3) is 0.667. The van der Waals surface area contributed by atoms with Crippen molar-refractivity contribution in [3.8, 4) is 0 Å². The van der Waals surface area contributed by atoms with Gasteiger partial charge in [0.1, 0.15) is 5.82 Å². The molecule has 0 unspecified atom stereocenters. The van der Waals surface area contributed by atoms with Crippen LogP contribution in [0.15, 0.2) is 6.20 Å². The minimum absolute atomic E-state index is 0.723. The Morgan fingerprint density at radius 3 is 2.93 bits per heavy atom. The molecule has 3 heteroatoms. The molecule has 2 N–H and O–H groups in total. The standard InChI is InChI=1S/C12H19N3/c13-8-4-7-12-14-9-10-5-2-1-3-6-11(10)15-12/h9H,1-8,13H2. The summed E-state index contributed by atoms with van der Waals surface area (Å²) in [4.78, 5) is 9.05. The molecule has 3 nitrogen and oxygen atoms in total. The van der Waals surface area contributed by atoms with E-state index in [9.17, 15) is 0 Å². The van der Waals surface area contributed by atoms with E-state index in [4.69, 9.17) is 5.73 Å². The molecule has 0 spiro atoms. The van der Waals surface area contributed by atoms with Crippen molar-refractivity contribution < 1.29 is 0 Å². The number of rotatable bonds is 3. The largest absolute Gasteiger partial charge is 0.330 e. The van der Waals surface area contributed by atoms with E-state index in [0.29, 0.717) is 0 Å². The molecule has 0 saturated heterocycles. The summed E-state index contributed by atoms with van der Waals surface area (Å²) in [5.74, 6) is 0.973. The second kappa shape index (κ2) is 5.21. The Bertz CT molecular complexity index is 323. The molecule has 82 valence electrons. The number of fused-ring (bicyclic) bond motifs is 1. The Morgan fingerprint density at radius 2 is 2.07 bits per heavy atom. The van der Waals surface area contributed by atoms with Gasteiger partial charge in [0, 0.05) is 18.3 Å². The number of aromatic nitrogens is 2. The summed E-state index contributed by atoms with van der Waals surface area (Å²) < 4.78 is 0. The van der Waals surface area contributed by atoms with Gasteiger partial charge in [0.05, 0.1) is 0 Å². The van der Waals surface area contributed by atoms with Crippen LogP contribution >= 0.6 is 0 Å². The molecule has 1 aromatic rings. The van der Waals surface area contributed by atoms with Crippen molar-refractivity contribution in [3.63, 3.8) is 0 Å². The minimum atomic E-state index is 0.723. The number of aryl methyl sites for hydroxylation is 3. The normalized spacial score (nSPS) is 15.8. The molecular formula is C12H19N3. The van der Waals surface area contributed by atoms with Crippen LogP contribution in [0.2, 0.25) is 0 Å². The Labute approximate surface area is 91.1 Å². The average Bonchev–Trinajstić information content (AvgIpc) is 2.50. The van der Waals surface area contributed by atoms with Crippen molar-refractivity contribution in [1.29, 1.82) is 0 Å². The van der Waals surface area contributed by atoms with Crippen LogP contribution in [0.4, 0.5) is 0 Å². The predicted octanol–water partition coefficient (Wildman–Crippen LogP) is 1.64. The van der Waals surface area contributed by atoms with Gasteiger partial charge < -0.3 is 5.73 Å². The van der Waals surface area contributed by atoms with Crippen molar-refractivity contribution in [1.82, 2.24) is 9.97 Å². The predicted molar refractivity (Wildman–Crippen MR) is 60.7 cm³/mol. The first-order valence-electron chi connectivity index (χ1n) is 5.94. The zero-order chi connectivity index (χ0) is 10.5. The van der Waals surface area contributed by atoms with Crippen molar-refractivity contribution in [2.45, 2.75) is 44.9 Å². The third kappa shape index (κ3) is 2.75. The first-order chi connectivity index (χ1) is 7.40. The monoisotopic (exact) mass is 205 g/mol. The minimum Gasteiger partial charge on any atom is -0.330 e. The Kier molecular flexibility index (Phi) is 3.67. The topological polar surface area (TPSA) is 51.8 Å². The van der Waals surface area contributed by atoms with Gasteiger partial charge in [-0.25, -0.2) is 9.97 Å². The van der Waals surface area contributed by atoms with E-state index in [0.717, 1.165) is 38.1 Å². The maximum atomic E-state index is 5.48. The molecular weight excluding hydrogens is 186 g/mol. The van der Waals surface area contributed by atoms with Crippen LogP contribution in [0.3, 0.4) is 0 Å². The maximum Gasteiger partial charge on any atom is 0.128 e. The fourth-order valence-corrected chi connectivity index (χ4v) is 2.07. The quantitative estimate of drug-likeness (QED) is 0.763. The first-order valence-corrected chi connectivity index (χ1v) is 5.94. The highest BCUT2D eigenvalue weighted by atomic mass is 14.9. The number of hydrogen-bond donors (Lipinski definition) is 1. The van der Waals surface area contributed by atoms with Crippen LogP contribution in [0.25, 0.3) is 0 Å². The SMILES string of the molecule is NCCCc1ncc2c(n1)CCCCC2. The van der Waals surface area contributed by atoms with E-state index in [1.807, 2.05) is 6.20 Å². The highest BCUT2D eigenvalue weighted by Gasteiger charge is 2.10. The molecule has 15 heavy (non-hydrogen) atoms. The van der Waals surface area contributed by atoms with Crippen LogP contribution in [-0.2, 0) is 19.3 Å². The van der Waals surface area contributed by atoms with Crippen LogP contribution in [0.5, 0.6) is 0 Å². The second-order valence-corrected chi connectivity index (χ2v) is 4.21. The van der Waals surface area contributed by atoms with Gasteiger partial charge in [-0.3, -0.25) is 0 Å². The summed E-state index contributed by atoms with van der Waals surface area (Å²) in [6.45, 7) is 0.723. The maximum absolute atomic E-state index is 5.48. The molecule has 0 atom stereocenters. The Hall–Kier alpha value is -0.960. The van der Waals surface area contributed by atoms with Gasteiger partial charge in [-0.2, -0.15) is 0 Å². The summed E-state index contributed by atoms with van der Waals surface area (Å²) >= 11 is 0. The second-order valence-electron chi connectivity index (χ2n) is 4.21. The summed E-state index contributed by atoms with van der Waals surface area (Å²) in [6, 6.07) is 0. The molecule has 0 fully saturated rings. The van der Waals surface area contributed by atoms with Crippen LogP contribution < -0.4 is 5.73 Å². The van der Waals surface area contributed by atoms with Crippen molar-refractivity contribution in [2.75, 3.05) is 6.54 Å². The molecule has 0 aliphatic heterocycles. The Balaban J connectivity index is 2.13. The van der Waals surface area contributed by atoms with Gasteiger partial charge in [-0.1, -0.05) is 6.42 Å². The third-order valence-electron chi connectivity index (χ3n) is 2.97. The zero-order valence-corrected chi connectivity index (χ0v) is 9.21. The lowest BCUT2D eigenvalue weighted by Crippen LogP contribution is -2.06. The molecule has 0 amide bonds. The van der Waals surface area contributed by atoms with Crippen LogP contribution in [0, 0.1) is 0 Å². The van der Waals surface area contributed by atoms with Gasteiger partial charge in [0.25, 0.3) is 0 Å². The summed E-state index contributed by atoms with van der Waals surface area (Å²) in [7, 11) is 0. The van der Waals surface area contributed by atoms with Gasteiger partial charge in [-0.05, 0) is 44.2 Å². The summed E-state index contributed by atoms with van der Waals surface area (Å²) in [5.41, 5.74) is 8.14. The number of hydrogen-bond acceptors (Lipinski definition) is 3. The highest BCUT2D eigenvalue weighted by Crippen LogP contribution is 2.18. The van der Waals surface area contributed by atoms with Gasteiger partial charge in [0.15, 0.2) is 0 Å². The van der Waals surface area contributed by atoms with Gasteiger partial charge in [-0.15, -0.1) is 0 Å². The average molecular weight is 205 g/mol. The van der Waals surface area contributed by atoms with Crippen molar-refractivity contribution in [3.05, 3.63) is 23.3 Å². The van der Waals surface area contributed by atoms with Crippen molar-refractivity contribution >= 4 is 0 Å².